The van der Waals surface area contributed by atoms with Gasteiger partial charge in [0, 0.05) is 6.42 Å². The molecular weight excluding hydrogens is 282 g/mol. The van der Waals surface area contributed by atoms with Gasteiger partial charge in [-0.3, -0.25) is 21.3 Å². The van der Waals surface area contributed by atoms with Gasteiger partial charge in [0.2, 0.25) is 0 Å². The average molecular weight is 306 g/mol. The third-order valence-corrected chi connectivity index (χ3v) is 3.28. The highest BCUT2D eigenvalue weighted by Gasteiger charge is 2.21. The Bertz CT molecular complexity index is 347. The molecule has 0 spiro atoms. The van der Waals surface area contributed by atoms with E-state index in [-0.39, 0.29) is 11.9 Å². The Kier molecular flexibility index (Phi) is 9.56. The van der Waals surface area contributed by atoms with Crippen molar-refractivity contribution >= 4 is 29.6 Å². The van der Waals surface area contributed by atoms with Crippen LogP contribution in [0, 0.1) is 0 Å². The van der Waals surface area contributed by atoms with Crippen LogP contribution in [0.2, 0.25) is 0 Å². The first kappa shape index (κ1) is 18.5. The number of rotatable bonds is 10. The highest BCUT2D eigenvalue weighted by Crippen LogP contribution is 2.01. The van der Waals surface area contributed by atoms with Crippen LogP contribution in [0.5, 0.6) is 0 Å². The fourth-order valence-electron chi connectivity index (χ4n) is 1.49. The number of amides is 1. The molecule has 0 bridgehead atoms. The minimum atomic E-state index is -1.27. The molecule has 0 radical (unpaired) electrons. The van der Waals surface area contributed by atoms with E-state index in [9.17, 15) is 14.7 Å². The van der Waals surface area contributed by atoms with Gasteiger partial charge in [0.1, 0.15) is 0 Å². The van der Waals surface area contributed by atoms with E-state index in [4.69, 9.17) is 11.5 Å². The summed E-state index contributed by atoms with van der Waals surface area (Å²) in [5.74, 6) is -0.892. The van der Waals surface area contributed by atoms with E-state index in [1.54, 1.807) is 0 Å². The Balaban J connectivity index is 4.14. The van der Waals surface area contributed by atoms with Crippen molar-refractivity contribution in [2.75, 3.05) is 18.6 Å². The maximum absolute atomic E-state index is 11.8. The number of quaternary nitrogens is 1. The van der Waals surface area contributed by atoms with Crippen LogP contribution in [0.25, 0.3) is 0 Å². The number of guanidine groups is 1. The van der Waals surface area contributed by atoms with Crippen LogP contribution in [0.3, 0.4) is 0 Å². The highest BCUT2D eigenvalue weighted by atomic mass is 32.2. The van der Waals surface area contributed by atoms with Gasteiger partial charge in [-0.15, -0.1) is 0 Å². The molecule has 0 aromatic rings. The zero-order valence-electron chi connectivity index (χ0n) is 11.7. The predicted octanol–water partition coefficient (Wildman–Crippen LogP) is -5.28. The third kappa shape index (κ3) is 8.59. The van der Waals surface area contributed by atoms with Crippen molar-refractivity contribution in [3.05, 3.63) is 0 Å². The van der Waals surface area contributed by atoms with E-state index in [1.807, 2.05) is 6.26 Å². The third-order valence-electron chi connectivity index (χ3n) is 2.64. The van der Waals surface area contributed by atoms with Gasteiger partial charge >= 0.3 is 5.96 Å². The van der Waals surface area contributed by atoms with Crippen molar-refractivity contribution in [2.45, 2.75) is 31.3 Å². The van der Waals surface area contributed by atoms with Crippen LogP contribution in [0.1, 0.15) is 19.3 Å². The van der Waals surface area contributed by atoms with Crippen molar-refractivity contribution in [3.8, 4) is 0 Å². The second-order valence-electron chi connectivity index (χ2n) is 4.38. The van der Waals surface area contributed by atoms with E-state index in [1.165, 1.54) is 11.8 Å². The predicted molar refractivity (Wildman–Crippen MR) is 75.1 cm³/mol. The van der Waals surface area contributed by atoms with Gasteiger partial charge in [0.25, 0.3) is 5.91 Å². The first-order valence-corrected chi connectivity index (χ1v) is 7.72. The molecule has 2 atom stereocenters. The minimum absolute atomic E-state index is 0.129. The number of carboxylic acid groups (broad SMARTS) is 1. The summed E-state index contributed by atoms with van der Waals surface area (Å²) in [6.07, 6.45) is 3.36. The molecule has 0 aromatic carbocycles. The van der Waals surface area contributed by atoms with Gasteiger partial charge in [-0.25, -0.2) is 0 Å². The fourth-order valence-corrected chi connectivity index (χ4v) is 1.96. The highest BCUT2D eigenvalue weighted by molar-refractivity contribution is 7.98. The molecule has 9 N–H and O–H groups in total. The monoisotopic (exact) mass is 306 g/mol. The molecule has 0 saturated heterocycles. The Morgan fingerprint density at radius 1 is 1.40 bits per heavy atom. The molecule has 0 aromatic heterocycles. The number of thioether (sulfide) groups is 1. The topological polar surface area (TPSA) is 163 Å². The maximum atomic E-state index is 11.8. The summed E-state index contributed by atoms with van der Waals surface area (Å²) in [6, 6.07) is -1.49. The van der Waals surface area contributed by atoms with Gasteiger partial charge in [0.05, 0.1) is 18.6 Å². The van der Waals surface area contributed by atoms with Crippen LogP contribution in [-0.4, -0.2) is 48.5 Å². The van der Waals surface area contributed by atoms with Crippen molar-refractivity contribution in [3.63, 3.8) is 0 Å². The van der Waals surface area contributed by atoms with Crippen LogP contribution < -0.4 is 32.6 Å². The number of nitrogens with one attached hydrogen (secondary N) is 2. The van der Waals surface area contributed by atoms with E-state index >= 15 is 0 Å². The van der Waals surface area contributed by atoms with E-state index < -0.39 is 18.1 Å². The second-order valence-corrected chi connectivity index (χ2v) is 5.37. The van der Waals surface area contributed by atoms with Crippen LogP contribution in [0.4, 0.5) is 0 Å². The number of carbonyl (C=O) groups is 2. The average Bonchev–Trinajstić information content (AvgIpc) is 2.38. The Morgan fingerprint density at radius 3 is 2.55 bits per heavy atom. The Labute approximate surface area is 122 Å². The normalized spacial score (nSPS) is 13.3. The number of aliphatic carboxylic acids is 1. The molecule has 1 amide bonds. The molecule has 0 heterocycles. The van der Waals surface area contributed by atoms with Gasteiger partial charge in [-0.1, -0.05) is 0 Å². The first-order valence-electron chi connectivity index (χ1n) is 6.33. The molecule has 0 aliphatic rings. The molecule has 9 heteroatoms. The molecule has 0 aliphatic carbocycles. The molecule has 8 nitrogen and oxygen atoms in total. The maximum Gasteiger partial charge on any atom is 0.338 e. The molecule has 0 aliphatic heterocycles. The molecule has 0 rings (SSSR count). The molecular formula is C11H24N5O3S+. The van der Waals surface area contributed by atoms with Crippen molar-refractivity contribution in [2.24, 2.45) is 11.5 Å². The Morgan fingerprint density at radius 2 is 2.05 bits per heavy atom. The number of carboxylic acids is 1. The molecule has 0 fully saturated rings. The number of hydrogen-bond donors (Lipinski definition) is 5. The van der Waals surface area contributed by atoms with Crippen molar-refractivity contribution < 1.29 is 25.4 Å². The minimum Gasteiger partial charge on any atom is -0.548 e. The largest absolute Gasteiger partial charge is 0.548 e. The summed E-state index contributed by atoms with van der Waals surface area (Å²) in [6.45, 7) is 0.540. The summed E-state index contributed by atoms with van der Waals surface area (Å²) >= 11 is 1.51. The van der Waals surface area contributed by atoms with Crippen LogP contribution >= 0.6 is 11.8 Å². The number of hydrogen-bond acceptors (Lipinski definition) is 4. The smallest absolute Gasteiger partial charge is 0.338 e. The SMILES string of the molecule is CSCC[C@H](NC(=O)[C@@H]([NH3+])CCC[NH+]=C(N)N)C(=O)[O-]. The lowest BCUT2D eigenvalue weighted by Crippen LogP contribution is -2.78. The van der Waals surface area contributed by atoms with Gasteiger partial charge in [-0.05, 0) is 24.9 Å². The quantitative estimate of drug-likeness (QED) is 0.154. The summed E-state index contributed by atoms with van der Waals surface area (Å²) in [4.78, 5) is 25.4. The molecule has 116 valence electrons. The molecule has 20 heavy (non-hydrogen) atoms. The molecule has 0 saturated carbocycles. The van der Waals surface area contributed by atoms with E-state index in [0.29, 0.717) is 31.6 Å². The van der Waals surface area contributed by atoms with Gasteiger partial charge in [0.15, 0.2) is 6.04 Å². The zero-order chi connectivity index (χ0) is 15.5. The Hall–Kier alpha value is -1.48. The summed E-state index contributed by atoms with van der Waals surface area (Å²) in [5.41, 5.74) is 14.2. The van der Waals surface area contributed by atoms with Crippen molar-refractivity contribution in [1.29, 1.82) is 0 Å². The number of carbonyl (C=O) groups excluding carboxylic acids is 2. The molecule has 0 unspecified atom stereocenters. The lowest BCUT2D eigenvalue weighted by Gasteiger charge is -2.20. The van der Waals surface area contributed by atoms with E-state index in [2.05, 4.69) is 16.0 Å². The standard InChI is InChI=1S/C11H23N5O3S/c1-20-6-4-8(10(18)19)16-9(17)7(12)3-2-5-15-11(13)14/h7-8H,2-6,12H2,1H3,(H,16,17)(H,18,19)(H4,13,14,15)/p+1/t7-,8-/m0/s1. The lowest BCUT2D eigenvalue weighted by molar-refractivity contribution is -0.463. The van der Waals surface area contributed by atoms with Crippen molar-refractivity contribution in [1.82, 2.24) is 5.32 Å². The zero-order valence-corrected chi connectivity index (χ0v) is 12.5. The fraction of sp³-hybridized carbons (Fsp3) is 0.727. The van der Waals surface area contributed by atoms with Crippen LogP contribution in [-0.2, 0) is 9.59 Å². The summed E-state index contributed by atoms with van der Waals surface area (Å²) < 4.78 is 0. The summed E-state index contributed by atoms with van der Waals surface area (Å²) in [5, 5.41) is 13.4. The van der Waals surface area contributed by atoms with E-state index in [0.717, 1.165) is 0 Å². The van der Waals surface area contributed by atoms with Crippen LogP contribution in [0.15, 0.2) is 0 Å². The first-order chi connectivity index (χ1) is 9.38. The second kappa shape index (κ2) is 10.3. The number of nitrogens with two attached hydrogens (primary N) is 2. The lowest BCUT2D eigenvalue weighted by atomic mass is 10.1. The summed E-state index contributed by atoms with van der Waals surface area (Å²) in [7, 11) is 0. The van der Waals surface area contributed by atoms with Gasteiger partial charge < -0.3 is 21.0 Å². The van der Waals surface area contributed by atoms with Gasteiger partial charge in [-0.2, -0.15) is 11.8 Å².